The molecule has 0 bridgehead atoms. The molecule has 0 aliphatic rings. The average Bonchev–Trinajstić information content (AvgIpc) is 3.26. The number of nitrogens with two attached hydrogens (primary N) is 1. The van der Waals surface area contributed by atoms with E-state index in [0.717, 1.165) is 11.3 Å². The highest BCUT2D eigenvalue weighted by molar-refractivity contribution is 5.81. The van der Waals surface area contributed by atoms with Crippen molar-refractivity contribution >= 4 is 12.2 Å². The molecule has 2 heterocycles. The van der Waals surface area contributed by atoms with Crippen molar-refractivity contribution in [2.45, 2.75) is 0 Å². The molecule has 12 nitrogen and oxygen atoms in total. The van der Waals surface area contributed by atoms with Crippen LogP contribution in [0.1, 0.15) is 5.76 Å². The molecule has 0 fully saturated rings. The SMILES string of the molecule is N/C(=N/[N+](=O)[O-])N/N=C/c1ccc(-c2ccc(-n3cnnn3)cc2)o1. The average molecular weight is 341 g/mol. The van der Waals surface area contributed by atoms with Crippen LogP contribution in [-0.2, 0) is 0 Å². The molecule has 3 aromatic rings. The van der Waals surface area contributed by atoms with Crippen molar-refractivity contribution in [1.82, 2.24) is 25.6 Å². The second-order valence-electron chi connectivity index (χ2n) is 4.60. The molecule has 126 valence electrons. The van der Waals surface area contributed by atoms with Crippen LogP contribution in [0.25, 0.3) is 17.0 Å². The van der Waals surface area contributed by atoms with Gasteiger partial charge in [-0.1, -0.05) is 0 Å². The Bertz CT molecular complexity index is 913. The van der Waals surface area contributed by atoms with Gasteiger partial charge in [-0.25, -0.2) is 20.2 Å². The predicted molar refractivity (Wildman–Crippen MR) is 86.2 cm³/mol. The third kappa shape index (κ3) is 4.01. The van der Waals surface area contributed by atoms with E-state index in [1.54, 1.807) is 12.1 Å². The van der Waals surface area contributed by atoms with Gasteiger partial charge in [-0.3, -0.25) is 0 Å². The van der Waals surface area contributed by atoms with E-state index in [-0.39, 0.29) is 0 Å². The van der Waals surface area contributed by atoms with Crippen molar-refractivity contribution in [2.75, 3.05) is 0 Å². The van der Waals surface area contributed by atoms with Gasteiger partial charge in [0.1, 0.15) is 22.9 Å². The molecule has 0 aliphatic heterocycles. The van der Waals surface area contributed by atoms with Crippen molar-refractivity contribution in [2.24, 2.45) is 15.9 Å². The first kappa shape index (κ1) is 15.8. The third-order valence-electron chi connectivity index (χ3n) is 2.95. The van der Waals surface area contributed by atoms with Crippen LogP contribution in [0.4, 0.5) is 0 Å². The monoisotopic (exact) mass is 341 g/mol. The number of tetrazole rings is 1. The fraction of sp³-hybridized carbons (Fsp3) is 0. The summed E-state index contributed by atoms with van der Waals surface area (Å²) in [5.74, 6) is 0.615. The zero-order chi connectivity index (χ0) is 17.6. The Morgan fingerprint density at radius 1 is 1.32 bits per heavy atom. The van der Waals surface area contributed by atoms with E-state index in [4.69, 9.17) is 10.2 Å². The Hall–Kier alpha value is -4.09. The van der Waals surface area contributed by atoms with E-state index in [9.17, 15) is 10.1 Å². The van der Waals surface area contributed by atoms with E-state index in [1.807, 2.05) is 24.3 Å². The molecule has 0 radical (unpaired) electrons. The molecule has 0 amide bonds. The first-order chi connectivity index (χ1) is 12.1. The highest BCUT2D eigenvalue weighted by Gasteiger charge is 2.05. The quantitative estimate of drug-likeness (QED) is 0.290. The van der Waals surface area contributed by atoms with Crippen LogP contribution in [0.5, 0.6) is 0 Å². The van der Waals surface area contributed by atoms with Gasteiger partial charge in [0, 0.05) is 5.56 Å². The number of nitrogens with zero attached hydrogens (tertiary/aromatic N) is 7. The number of nitrogens with one attached hydrogen (secondary N) is 1. The molecular formula is C13H11N9O3. The summed E-state index contributed by atoms with van der Waals surface area (Å²) in [6.45, 7) is 0. The molecule has 0 aliphatic carbocycles. The number of aromatic nitrogens is 4. The first-order valence-corrected chi connectivity index (χ1v) is 6.83. The number of hydrazone groups is 2. The van der Waals surface area contributed by atoms with Gasteiger partial charge in [-0.15, -0.1) is 5.10 Å². The fourth-order valence-corrected chi connectivity index (χ4v) is 1.91. The normalized spacial score (nSPS) is 11.8. The zero-order valence-electron chi connectivity index (χ0n) is 12.6. The summed E-state index contributed by atoms with van der Waals surface area (Å²) in [4.78, 5) is 10.1. The van der Waals surface area contributed by atoms with Crippen molar-refractivity contribution < 1.29 is 9.45 Å². The molecule has 3 rings (SSSR count). The minimum atomic E-state index is -0.929. The number of furan rings is 1. The molecule has 25 heavy (non-hydrogen) atoms. The number of hydrogen-bond acceptors (Lipinski definition) is 7. The fourth-order valence-electron chi connectivity index (χ4n) is 1.91. The summed E-state index contributed by atoms with van der Waals surface area (Å²) < 4.78 is 7.15. The molecule has 0 saturated carbocycles. The molecule has 0 unspecified atom stereocenters. The van der Waals surface area contributed by atoms with E-state index in [2.05, 4.69) is 31.2 Å². The summed E-state index contributed by atoms with van der Waals surface area (Å²) in [7, 11) is 0. The molecule has 3 N–H and O–H groups in total. The number of hydrogen-bond donors (Lipinski definition) is 2. The molecule has 2 aromatic heterocycles. The van der Waals surface area contributed by atoms with Gasteiger partial charge in [-0.2, -0.15) is 5.10 Å². The standard InChI is InChI=1S/C13H11N9O3/c14-13(18-22(23)24)17-15-7-11-5-6-12(25-11)9-1-3-10(4-2-9)21-8-16-19-20-21/h1-8H,(H3,14,17,18)/b15-7+. The lowest BCUT2D eigenvalue weighted by Crippen LogP contribution is -2.28. The Labute approximate surface area is 139 Å². The highest BCUT2D eigenvalue weighted by Crippen LogP contribution is 2.22. The van der Waals surface area contributed by atoms with E-state index in [1.165, 1.54) is 17.2 Å². The van der Waals surface area contributed by atoms with E-state index >= 15 is 0 Å². The smallest absolute Gasteiger partial charge is 0.286 e. The molecule has 1 aromatic carbocycles. The maximum atomic E-state index is 10.1. The third-order valence-corrected chi connectivity index (χ3v) is 2.95. The molecular weight excluding hydrogens is 330 g/mol. The van der Waals surface area contributed by atoms with Crippen molar-refractivity contribution in [1.29, 1.82) is 0 Å². The predicted octanol–water partition coefficient (Wildman–Crippen LogP) is 0.352. The van der Waals surface area contributed by atoms with Crippen LogP contribution in [0.15, 0.2) is 57.3 Å². The molecule has 12 heteroatoms. The van der Waals surface area contributed by atoms with Gasteiger partial charge >= 0.3 is 0 Å². The largest absolute Gasteiger partial charge is 0.455 e. The Morgan fingerprint density at radius 2 is 2.12 bits per heavy atom. The second-order valence-corrected chi connectivity index (χ2v) is 4.60. The minimum Gasteiger partial charge on any atom is -0.455 e. The lowest BCUT2D eigenvalue weighted by atomic mass is 10.1. The van der Waals surface area contributed by atoms with Crippen molar-refractivity contribution in [3.63, 3.8) is 0 Å². The lowest BCUT2D eigenvalue weighted by Gasteiger charge is -2.00. The van der Waals surface area contributed by atoms with Crippen molar-refractivity contribution in [3.8, 4) is 17.0 Å². The maximum Gasteiger partial charge on any atom is 0.286 e. The van der Waals surface area contributed by atoms with Crippen molar-refractivity contribution in [3.05, 3.63) is 58.6 Å². The number of nitro groups is 1. The van der Waals surface area contributed by atoms with Gasteiger partial charge < -0.3 is 10.2 Å². The van der Waals surface area contributed by atoms with Gasteiger partial charge in [0.05, 0.1) is 11.9 Å². The van der Waals surface area contributed by atoms with Crippen LogP contribution in [0.2, 0.25) is 0 Å². The second kappa shape index (κ2) is 6.99. The van der Waals surface area contributed by atoms with Crippen LogP contribution in [0.3, 0.4) is 0 Å². The van der Waals surface area contributed by atoms with Gasteiger partial charge in [0.2, 0.25) is 0 Å². The number of benzene rings is 1. The van der Waals surface area contributed by atoms with Gasteiger partial charge in [0.15, 0.2) is 5.03 Å². The van der Waals surface area contributed by atoms with E-state index in [0.29, 0.717) is 11.5 Å². The summed E-state index contributed by atoms with van der Waals surface area (Å²) in [6.07, 6.45) is 2.82. The molecule has 0 spiro atoms. The van der Waals surface area contributed by atoms with E-state index < -0.39 is 11.0 Å². The van der Waals surface area contributed by atoms with Crippen LogP contribution >= 0.6 is 0 Å². The summed E-state index contributed by atoms with van der Waals surface area (Å²) in [5.41, 5.74) is 9.09. The summed E-state index contributed by atoms with van der Waals surface area (Å²) in [6, 6.07) is 10.9. The molecule has 0 saturated heterocycles. The highest BCUT2D eigenvalue weighted by atomic mass is 16.7. The topological polar surface area (TPSA) is 163 Å². The van der Waals surface area contributed by atoms with Crippen LogP contribution in [0, 0.1) is 10.1 Å². The lowest BCUT2D eigenvalue weighted by molar-refractivity contribution is -0.485. The first-order valence-electron chi connectivity index (χ1n) is 6.83. The molecule has 0 atom stereocenters. The minimum absolute atomic E-state index is 0.431. The Morgan fingerprint density at radius 3 is 2.80 bits per heavy atom. The summed E-state index contributed by atoms with van der Waals surface area (Å²) >= 11 is 0. The Balaban J connectivity index is 1.68. The summed E-state index contributed by atoms with van der Waals surface area (Å²) in [5, 5.41) is 26.7. The van der Waals surface area contributed by atoms with Crippen LogP contribution in [-0.4, -0.2) is 37.4 Å². The number of rotatable bonds is 5. The van der Waals surface area contributed by atoms with Crippen LogP contribution < -0.4 is 11.2 Å². The number of guanidine groups is 1. The zero-order valence-corrected chi connectivity index (χ0v) is 12.6. The van der Waals surface area contributed by atoms with Gasteiger partial charge in [-0.05, 0) is 46.8 Å². The Kier molecular flexibility index (Phi) is 4.42. The maximum absolute atomic E-state index is 10.1. The van der Waals surface area contributed by atoms with Gasteiger partial charge in [0.25, 0.3) is 5.96 Å².